The van der Waals surface area contributed by atoms with Gasteiger partial charge in [-0.25, -0.2) is 9.97 Å². The molecule has 0 unspecified atom stereocenters. The number of hydrogen-bond donors (Lipinski definition) is 0. The lowest BCUT2D eigenvalue weighted by molar-refractivity contribution is 1.29. The van der Waals surface area contributed by atoms with Crippen molar-refractivity contribution in [3.8, 4) is 11.3 Å². The summed E-state index contributed by atoms with van der Waals surface area (Å²) in [4.78, 5) is 9.21. The van der Waals surface area contributed by atoms with Gasteiger partial charge in [-0.1, -0.05) is 48.0 Å². The number of benzene rings is 3. The molecule has 0 saturated heterocycles. The number of para-hydroxylation sites is 2. The van der Waals surface area contributed by atoms with Crippen molar-refractivity contribution in [2.75, 3.05) is 0 Å². The van der Waals surface area contributed by atoms with E-state index in [0.29, 0.717) is 5.15 Å². The fourth-order valence-corrected chi connectivity index (χ4v) is 4.36. The Hall–Kier alpha value is -2.49. The molecule has 0 aliphatic rings. The Balaban J connectivity index is 1.79. The first-order chi connectivity index (χ1) is 11.8. The molecule has 3 aromatic carbocycles. The average Bonchev–Trinajstić information content (AvgIpc) is 2.99. The Labute approximate surface area is 147 Å². The van der Waals surface area contributed by atoms with E-state index in [1.807, 2.05) is 24.3 Å². The van der Waals surface area contributed by atoms with E-state index in [9.17, 15) is 0 Å². The number of halogens is 1. The van der Waals surface area contributed by atoms with Crippen LogP contribution in [0.25, 0.3) is 42.5 Å². The van der Waals surface area contributed by atoms with E-state index >= 15 is 0 Å². The fourth-order valence-electron chi connectivity index (χ4n) is 3.04. The van der Waals surface area contributed by atoms with E-state index in [2.05, 4.69) is 47.4 Å². The van der Waals surface area contributed by atoms with E-state index in [0.717, 1.165) is 22.3 Å². The van der Waals surface area contributed by atoms with Crippen LogP contribution in [0, 0.1) is 0 Å². The molecule has 0 aliphatic carbocycles. The molecule has 2 heterocycles. The zero-order chi connectivity index (χ0) is 16.1. The van der Waals surface area contributed by atoms with Crippen LogP contribution in [0.3, 0.4) is 0 Å². The lowest BCUT2D eigenvalue weighted by atomic mass is 10.1. The van der Waals surface area contributed by atoms with Crippen molar-refractivity contribution in [2.24, 2.45) is 0 Å². The summed E-state index contributed by atoms with van der Waals surface area (Å²) in [6.07, 6.45) is 0. The van der Waals surface area contributed by atoms with Gasteiger partial charge < -0.3 is 0 Å². The van der Waals surface area contributed by atoms with Gasteiger partial charge in [0, 0.05) is 25.7 Å². The van der Waals surface area contributed by atoms with Crippen molar-refractivity contribution in [3.63, 3.8) is 0 Å². The third kappa shape index (κ3) is 2.09. The lowest BCUT2D eigenvalue weighted by Crippen LogP contribution is -1.91. The predicted octanol–water partition coefficient (Wildman–Crippen LogP) is 6.32. The standard InChI is InChI=1S/C20H11ClN2S/c21-20-19(22-15-6-2-3-7-16(15)23-20)12-9-10-18-14(11-12)13-5-1-4-8-17(13)24-18/h1-11H. The van der Waals surface area contributed by atoms with Gasteiger partial charge in [0.25, 0.3) is 0 Å². The smallest absolute Gasteiger partial charge is 0.156 e. The number of thiophene rings is 1. The summed E-state index contributed by atoms with van der Waals surface area (Å²) in [5.74, 6) is 0. The van der Waals surface area contributed by atoms with Crippen LogP contribution in [0.2, 0.25) is 5.15 Å². The van der Waals surface area contributed by atoms with E-state index in [4.69, 9.17) is 16.6 Å². The Morgan fingerprint density at radius 1 is 0.708 bits per heavy atom. The average molecular weight is 347 g/mol. The van der Waals surface area contributed by atoms with E-state index < -0.39 is 0 Å². The minimum absolute atomic E-state index is 0.438. The summed E-state index contributed by atoms with van der Waals surface area (Å²) < 4.78 is 2.56. The van der Waals surface area contributed by atoms with Gasteiger partial charge in [-0.2, -0.15) is 0 Å². The molecule has 0 saturated carbocycles. The van der Waals surface area contributed by atoms with Crippen molar-refractivity contribution in [1.82, 2.24) is 9.97 Å². The van der Waals surface area contributed by atoms with Crippen LogP contribution in [0.1, 0.15) is 0 Å². The second kappa shape index (κ2) is 5.26. The predicted molar refractivity (Wildman–Crippen MR) is 103 cm³/mol. The van der Waals surface area contributed by atoms with Crippen LogP contribution in [-0.2, 0) is 0 Å². The largest absolute Gasteiger partial charge is 0.243 e. The van der Waals surface area contributed by atoms with Gasteiger partial charge in [0.15, 0.2) is 5.15 Å². The van der Waals surface area contributed by atoms with Crippen molar-refractivity contribution in [3.05, 3.63) is 71.9 Å². The third-order valence-electron chi connectivity index (χ3n) is 4.18. The molecule has 114 valence electrons. The molecule has 2 aromatic heterocycles. The lowest BCUT2D eigenvalue weighted by Gasteiger charge is -2.06. The molecule has 0 radical (unpaired) electrons. The Morgan fingerprint density at radius 3 is 2.29 bits per heavy atom. The molecule has 0 spiro atoms. The second-order valence-corrected chi connectivity index (χ2v) is 7.10. The topological polar surface area (TPSA) is 25.8 Å². The zero-order valence-electron chi connectivity index (χ0n) is 12.5. The van der Waals surface area contributed by atoms with Crippen LogP contribution in [0.5, 0.6) is 0 Å². The van der Waals surface area contributed by atoms with Crippen molar-refractivity contribution >= 4 is 54.1 Å². The maximum absolute atomic E-state index is 6.41. The highest BCUT2D eigenvalue weighted by molar-refractivity contribution is 7.25. The summed E-state index contributed by atoms with van der Waals surface area (Å²) in [6, 6.07) is 22.6. The van der Waals surface area contributed by atoms with Crippen LogP contribution < -0.4 is 0 Å². The van der Waals surface area contributed by atoms with Gasteiger partial charge in [-0.15, -0.1) is 11.3 Å². The highest BCUT2D eigenvalue weighted by Crippen LogP contribution is 2.37. The van der Waals surface area contributed by atoms with Crippen LogP contribution in [0.4, 0.5) is 0 Å². The summed E-state index contributed by atoms with van der Waals surface area (Å²) >= 11 is 8.21. The third-order valence-corrected chi connectivity index (χ3v) is 5.59. The minimum Gasteiger partial charge on any atom is -0.243 e. The molecule has 5 aromatic rings. The Morgan fingerprint density at radius 2 is 1.42 bits per heavy atom. The molecule has 24 heavy (non-hydrogen) atoms. The first-order valence-corrected chi connectivity index (χ1v) is 8.83. The molecule has 5 rings (SSSR count). The molecule has 0 amide bonds. The van der Waals surface area contributed by atoms with E-state index in [-0.39, 0.29) is 0 Å². The van der Waals surface area contributed by atoms with E-state index in [1.54, 1.807) is 11.3 Å². The number of nitrogens with zero attached hydrogens (tertiary/aromatic N) is 2. The van der Waals surface area contributed by atoms with Crippen molar-refractivity contribution < 1.29 is 0 Å². The molecule has 2 nitrogen and oxygen atoms in total. The van der Waals surface area contributed by atoms with Gasteiger partial charge in [0.1, 0.15) is 5.69 Å². The maximum Gasteiger partial charge on any atom is 0.156 e. The Bertz CT molecular complexity index is 1230. The number of fused-ring (bicyclic) bond motifs is 4. The van der Waals surface area contributed by atoms with Crippen molar-refractivity contribution in [2.45, 2.75) is 0 Å². The normalized spacial score (nSPS) is 11.5. The number of rotatable bonds is 1. The quantitative estimate of drug-likeness (QED) is 0.355. The van der Waals surface area contributed by atoms with Crippen LogP contribution in [-0.4, -0.2) is 9.97 Å². The first-order valence-electron chi connectivity index (χ1n) is 7.63. The molecule has 0 aliphatic heterocycles. The van der Waals surface area contributed by atoms with Gasteiger partial charge in [0.2, 0.25) is 0 Å². The number of hydrogen-bond acceptors (Lipinski definition) is 3. The highest BCUT2D eigenvalue weighted by atomic mass is 35.5. The van der Waals surface area contributed by atoms with Gasteiger partial charge in [-0.05, 0) is 30.3 Å². The minimum atomic E-state index is 0.438. The van der Waals surface area contributed by atoms with Gasteiger partial charge in [-0.3, -0.25) is 0 Å². The fraction of sp³-hybridized carbons (Fsp3) is 0. The molecule has 0 fully saturated rings. The molecular formula is C20H11ClN2S. The molecule has 0 atom stereocenters. The molecule has 4 heteroatoms. The molecule has 0 bridgehead atoms. The van der Waals surface area contributed by atoms with Crippen LogP contribution in [0.15, 0.2) is 66.7 Å². The highest BCUT2D eigenvalue weighted by Gasteiger charge is 2.12. The summed E-state index contributed by atoms with van der Waals surface area (Å²) in [5.41, 5.74) is 3.39. The summed E-state index contributed by atoms with van der Waals surface area (Å²) in [6.45, 7) is 0. The van der Waals surface area contributed by atoms with Gasteiger partial charge >= 0.3 is 0 Å². The molecule has 0 N–H and O–H groups in total. The summed E-state index contributed by atoms with van der Waals surface area (Å²) in [7, 11) is 0. The van der Waals surface area contributed by atoms with Crippen molar-refractivity contribution in [1.29, 1.82) is 0 Å². The van der Waals surface area contributed by atoms with E-state index in [1.165, 1.54) is 20.2 Å². The monoisotopic (exact) mass is 346 g/mol. The maximum atomic E-state index is 6.41. The Kier molecular flexibility index (Phi) is 3.05. The van der Waals surface area contributed by atoms with Crippen LogP contribution >= 0.6 is 22.9 Å². The summed E-state index contributed by atoms with van der Waals surface area (Å²) in [5, 5.41) is 2.94. The first kappa shape index (κ1) is 13.9. The second-order valence-electron chi connectivity index (χ2n) is 5.66. The van der Waals surface area contributed by atoms with Gasteiger partial charge in [0.05, 0.1) is 11.0 Å². The molecular weight excluding hydrogens is 336 g/mol. The zero-order valence-corrected chi connectivity index (χ0v) is 14.1. The SMILES string of the molecule is Clc1nc2ccccc2nc1-c1ccc2sc3ccccc3c2c1. The number of aromatic nitrogens is 2.